The van der Waals surface area contributed by atoms with Crippen molar-refractivity contribution in [2.75, 3.05) is 13.7 Å². The van der Waals surface area contributed by atoms with E-state index in [0.29, 0.717) is 0 Å². The average Bonchev–Trinajstić information content (AvgIpc) is 2.96. The zero-order chi connectivity index (χ0) is 31.2. The van der Waals surface area contributed by atoms with E-state index in [1.54, 1.807) is 0 Å². The van der Waals surface area contributed by atoms with Gasteiger partial charge in [0, 0.05) is 12.5 Å². The summed E-state index contributed by atoms with van der Waals surface area (Å²) < 4.78 is 20.9. The summed E-state index contributed by atoms with van der Waals surface area (Å²) >= 11 is 0. The van der Waals surface area contributed by atoms with E-state index in [4.69, 9.17) is 18.9 Å². The van der Waals surface area contributed by atoms with Gasteiger partial charge >= 0.3 is 17.9 Å². The summed E-state index contributed by atoms with van der Waals surface area (Å²) in [4.78, 5) is 36.2. The highest BCUT2D eigenvalue weighted by Crippen LogP contribution is 2.32. The Morgan fingerprint density at radius 1 is 1.00 bits per heavy atom. The van der Waals surface area contributed by atoms with Gasteiger partial charge in [0.1, 0.15) is 30.2 Å². The summed E-state index contributed by atoms with van der Waals surface area (Å²) in [5, 5.41) is 78.7. The number of phenolic OH excluding ortho intramolecular Hbond substituents is 1. The van der Waals surface area contributed by atoms with Gasteiger partial charge in [0.2, 0.25) is 18.0 Å². The fourth-order valence-corrected chi connectivity index (χ4v) is 4.05. The number of aliphatic hydroxyl groups excluding tert-OH is 4. The summed E-state index contributed by atoms with van der Waals surface area (Å²) in [5.74, 6) is -5.26. The fraction of sp³-hybridized carbons (Fsp3) is 0.370. The SMILES string of the molecule is COc1cc(/C=C/C(=O)O[C@H](C(=O)O)[C@@](O)(Cc2ccc(O)cc2)C(=O)O)ccc1O[C@@H]1O[C@H](CO)[C@H](O)[C@H](O)[C@H]1O. The van der Waals surface area contributed by atoms with Crippen molar-refractivity contribution < 1.29 is 74.2 Å². The van der Waals surface area contributed by atoms with Crippen LogP contribution < -0.4 is 9.47 Å². The maximum atomic E-state index is 12.5. The maximum absolute atomic E-state index is 12.5. The van der Waals surface area contributed by atoms with Crippen LogP contribution in [0.25, 0.3) is 6.08 Å². The number of hydrogen-bond donors (Lipinski definition) is 8. The molecule has 0 aromatic heterocycles. The second-order valence-electron chi connectivity index (χ2n) is 9.29. The van der Waals surface area contributed by atoms with Gasteiger partial charge in [0.25, 0.3) is 0 Å². The van der Waals surface area contributed by atoms with Crippen LogP contribution in [0.3, 0.4) is 0 Å². The number of hydrogen-bond acceptors (Lipinski definition) is 13. The van der Waals surface area contributed by atoms with Crippen LogP contribution in [0.1, 0.15) is 11.1 Å². The van der Waals surface area contributed by atoms with Gasteiger partial charge in [-0.15, -0.1) is 0 Å². The Labute approximate surface area is 238 Å². The molecule has 0 bridgehead atoms. The summed E-state index contributed by atoms with van der Waals surface area (Å²) in [5.41, 5.74) is -2.62. The number of carbonyl (C=O) groups is 3. The average molecular weight is 595 g/mol. The van der Waals surface area contributed by atoms with Crippen molar-refractivity contribution in [2.24, 2.45) is 0 Å². The molecule has 15 nitrogen and oxygen atoms in total. The number of phenols is 1. The molecule has 1 aliphatic rings. The zero-order valence-electron chi connectivity index (χ0n) is 22.0. The first kappa shape index (κ1) is 32.3. The monoisotopic (exact) mass is 594 g/mol. The maximum Gasteiger partial charge on any atom is 0.348 e. The molecule has 3 rings (SSSR count). The minimum atomic E-state index is -3.06. The van der Waals surface area contributed by atoms with E-state index in [-0.39, 0.29) is 28.4 Å². The van der Waals surface area contributed by atoms with Crippen molar-refractivity contribution in [1.82, 2.24) is 0 Å². The van der Waals surface area contributed by atoms with Gasteiger partial charge in [-0.25, -0.2) is 14.4 Å². The molecule has 0 aliphatic carbocycles. The number of esters is 1. The van der Waals surface area contributed by atoms with Gasteiger partial charge in [0.05, 0.1) is 13.7 Å². The molecular weight excluding hydrogens is 564 g/mol. The number of carbonyl (C=O) groups excluding carboxylic acids is 1. The van der Waals surface area contributed by atoms with Crippen molar-refractivity contribution >= 4 is 24.0 Å². The number of carboxylic acid groups (broad SMARTS) is 2. The van der Waals surface area contributed by atoms with Crippen LogP contribution in [0.5, 0.6) is 17.2 Å². The van der Waals surface area contributed by atoms with Gasteiger partial charge in [-0.1, -0.05) is 18.2 Å². The summed E-state index contributed by atoms with van der Waals surface area (Å²) in [6.45, 7) is -0.662. The van der Waals surface area contributed by atoms with Crippen LogP contribution in [0.2, 0.25) is 0 Å². The van der Waals surface area contributed by atoms with Crippen LogP contribution in [0.15, 0.2) is 48.5 Å². The van der Waals surface area contributed by atoms with Crippen LogP contribution in [-0.2, 0) is 30.3 Å². The molecule has 2 aromatic carbocycles. The van der Waals surface area contributed by atoms with Crippen molar-refractivity contribution in [1.29, 1.82) is 0 Å². The predicted molar refractivity (Wildman–Crippen MR) is 138 cm³/mol. The Kier molecular flexibility index (Phi) is 10.5. The lowest BCUT2D eigenvalue weighted by Crippen LogP contribution is -2.60. The number of methoxy groups -OCH3 is 1. The first-order valence-electron chi connectivity index (χ1n) is 12.3. The molecular formula is C27H30O15. The molecule has 1 heterocycles. The quantitative estimate of drug-likeness (QED) is 0.104. The molecule has 228 valence electrons. The Balaban J connectivity index is 1.75. The Bertz CT molecular complexity index is 1290. The van der Waals surface area contributed by atoms with Crippen molar-refractivity contribution in [3.05, 3.63) is 59.7 Å². The number of aliphatic carboxylic acids is 2. The zero-order valence-corrected chi connectivity index (χ0v) is 22.0. The molecule has 0 unspecified atom stereocenters. The number of aromatic hydroxyl groups is 1. The first-order valence-corrected chi connectivity index (χ1v) is 12.3. The van der Waals surface area contributed by atoms with Crippen molar-refractivity contribution in [3.8, 4) is 17.2 Å². The Morgan fingerprint density at radius 2 is 1.67 bits per heavy atom. The summed E-state index contributed by atoms with van der Waals surface area (Å²) in [6.07, 6.45) is -8.95. The number of aliphatic hydroxyl groups is 5. The normalized spacial score (nSPS) is 24.4. The molecule has 42 heavy (non-hydrogen) atoms. The number of rotatable bonds is 12. The number of ether oxygens (including phenoxy) is 4. The van der Waals surface area contributed by atoms with Gasteiger partial charge in [-0.2, -0.15) is 0 Å². The molecule has 8 N–H and O–H groups in total. The molecule has 2 aromatic rings. The lowest BCUT2D eigenvalue weighted by Gasteiger charge is -2.39. The molecule has 1 saturated heterocycles. The van der Waals surface area contributed by atoms with E-state index >= 15 is 0 Å². The van der Waals surface area contributed by atoms with Crippen LogP contribution in [-0.4, -0.2) is 115 Å². The standard InChI is InChI=1S/C27H30O15/c1-39-17-10-13(4-8-16(17)40-25-22(33)21(32)20(31)18(12-28)41-25)5-9-19(30)42-23(24(34)35)27(38,26(36)37)11-14-2-6-15(29)7-3-14/h2-10,18,20-23,25,28-29,31-33,38H,11-12H2,1H3,(H,34,35)(H,36,37)/b9-5+/t18-,20+,21+,22-,23-,25-,27+/m1/s1. The molecule has 0 saturated carbocycles. The largest absolute Gasteiger partial charge is 0.508 e. The summed E-state index contributed by atoms with van der Waals surface area (Å²) in [6, 6.07) is 9.04. The van der Waals surface area contributed by atoms with Gasteiger partial charge < -0.3 is 59.8 Å². The molecule has 15 heteroatoms. The van der Waals surface area contributed by atoms with E-state index in [9.17, 15) is 55.2 Å². The molecule has 7 atom stereocenters. The second-order valence-corrected chi connectivity index (χ2v) is 9.29. The minimum Gasteiger partial charge on any atom is -0.508 e. The van der Waals surface area contributed by atoms with E-state index < -0.39 is 73.3 Å². The van der Waals surface area contributed by atoms with Gasteiger partial charge in [0.15, 0.2) is 11.5 Å². The third kappa shape index (κ3) is 7.33. The smallest absolute Gasteiger partial charge is 0.348 e. The predicted octanol–water partition coefficient (Wildman–Crippen LogP) is -1.35. The number of carboxylic acids is 2. The first-order chi connectivity index (χ1) is 19.8. The lowest BCUT2D eigenvalue weighted by atomic mass is 9.88. The molecule has 0 amide bonds. The highest BCUT2D eigenvalue weighted by Gasteiger charge is 2.51. The van der Waals surface area contributed by atoms with Gasteiger partial charge in [-0.05, 0) is 41.5 Å². The van der Waals surface area contributed by atoms with Crippen LogP contribution >= 0.6 is 0 Å². The van der Waals surface area contributed by atoms with E-state index in [1.807, 2.05) is 0 Å². The summed E-state index contributed by atoms with van der Waals surface area (Å²) in [7, 11) is 1.27. The number of benzene rings is 2. The van der Waals surface area contributed by atoms with E-state index in [0.717, 1.165) is 6.08 Å². The van der Waals surface area contributed by atoms with Crippen molar-refractivity contribution in [2.45, 2.75) is 48.8 Å². The third-order valence-electron chi connectivity index (χ3n) is 6.36. The van der Waals surface area contributed by atoms with Crippen LogP contribution in [0.4, 0.5) is 0 Å². The topological polar surface area (TPSA) is 250 Å². The van der Waals surface area contributed by atoms with Crippen molar-refractivity contribution in [3.63, 3.8) is 0 Å². The molecule has 0 spiro atoms. The third-order valence-corrected chi connectivity index (χ3v) is 6.36. The highest BCUT2D eigenvalue weighted by atomic mass is 16.7. The molecule has 1 aliphatic heterocycles. The lowest BCUT2D eigenvalue weighted by molar-refractivity contribution is -0.277. The Morgan fingerprint density at radius 3 is 2.24 bits per heavy atom. The molecule has 0 radical (unpaired) electrons. The van der Waals surface area contributed by atoms with E-state index in [2.05, 4.69) is 0 Å². The molecule has 1 fully saturated rings. The second kappa shape index (κ2) is 13.6. The minimum absolute atomic E-state index is 0.00764. The van der Waals surface area contributed by atoms with Crippen LogP contribution in [0, 0.1) is 0 Å². The fourth-order valence-electron chi connectivity index (χ4n) is 4.05. The van der Waals surface area contributed by atoms with Gasteiger partial charge in [-0.3, -0.25) is 0 Å². The Hall–Kier alpha value is -4.25. The highest BCUT2D eigenvalue weighted by molar-refractivity contribution is 5.93. The van der Waals surface area contributed by atoms with E-state index in [1.165, 1.54) is 55.7 Å².